The molecule has 0 radical (unpaired) electrons. The van der Waals surface area contributed by atoms with Crippen LogP contribution in [0.15, 0.2) is 53.4 Å². The van der Waals surface area contributed by atoms with Gasteiger partial charge in [-0.1, -0.05) is 12.1 Å². The van der Waals surface area contributed by atoms with E-state index in [4.69, 9.17) is 10.3 Å². The summed E-state index contributed by atoms with van der Waals surface area (Å²) in [7, 11) is -4.03. The molecule has 0 saturated carbocycles. The number of nitrogens with one attached hydrogen (secondary N) is 1. The van der Waals surface area contributed by atoms with Gasteiger partial charge in [-0.2, -0.15) is 0 Å². The summed E-state index contributed by atoms with van der Waals surface area (Å²) in [6, 6.07) is 10.0. The Labute approximate surface area is 125 Å². The lowest BCUT2D eigenvalue weighted by Gasteiger charge is -2.21. The van der Waals surface area contributed by atoms with Crippen LogP contribution in [0.25, 0.3) is 0 Å². The second kappa shape index (κ2) is 6.02. The molecule has 0 aromatic heterocycles. The van der Waals surface area contributed by atoms with Crippen LogP contribution in [-0.4, -0.2) is 24.7 Å². The lowest BCUT2D eigenvalue weighted by atomic mass is 10.2. The van der Waals surface area contributed by atoms with E-state index in [0.717, 1.165) is 24.3 Å². The van der Waals surface area contributed by atoms with Gasteiger partial charge in [0.25, 0.3) is 10.0 Å². The first-order valence-corrected chi connectivity index (χ1v) is 7.41. The third kappa shape index (κ3) is 3.34. The molecule has 0 amide bonds. The number of anilines is 2. The molecule has 0 fully saturated rings. The highest BCUT2D eigenvalue weighted by molar-refractivity contribution is 7.92. The monoisotopic (exact) mass is 323 g/mol. The van der Waals surface area contributed by atoms with Crippen LogP contribution in [0.5, 0.6) is 0 Å². The van der Waals surface area contributed by atoms with Crippen LogP contribution in [0.1, 0.15) is 10.4 Å². The molecule has 0 saturated heterocycles. The molecule has 8 nitrogen and oxygen atoms in total. The van der Waals surface area contributed by atoms with Gasteiger partial charge >= 0.3 is 5.97 Å². The number of hydrogen-bond donors (Lipinski definition) is 3. The van der Waals surface area contributed by atoms with Crippen molar-refractivity contribution in [2.45, 2.75) is 4.90 Å². The molecule has 2 aromatic rings. The minimum absolute atomic E-state index is 0.0771. The molecule has 0 spiro atoms. The molecule has 2 rings (SSSR count). The Bertz CT molecular complexity index is 786. The molecule has 2 aromatic carbocycles. The minimum atomic E-state index is -4.03. The molecule has 9 heteroatoms. The fourth-order valence-corrected chi connectivity index (χ4v) is 2.79. The third-order valence-electron chi connectivity index (χ3n) is 2.77. The van der Waals surface area contributed by atoms with Crippen LogP contribution in [-0.2, 0) is 10.0 Å². The van der Waals surface area contributed by atoms with Gasteiger partial charge in [-0.15, -0.1) is 0 Å². The average molecular weight is 323 g/mol. The highest BCUT2D eigenvalue weighted by Crippen LogP contribution is 2.22. The van der Waals surface area contributed by atoms with Crippen LogP contribution in [0.3, 0.4) is 0 Å². The maximum absolute atomic E-state index is 12.2. The van der Waals surface area contributed by atoms with Gasteiger partial charge in [-0.25, -0.2) is 13.2 Å². The highest BCUT2D eigenvalue weighted by atomic mass is 32.2. The molecule has 0 aliphatic carbocycles. The number of nitrogens with zero attached hydrogens (tertiary/aromatic N) is 1. The molecule has 0 aliphatic rings. The van der Waals surface area contributed by atoms with Crippen molar-refractivity contribution in [2.24, 2.45) is 0 Å². The molecular formula is C13H11N2O6S-. The van der Waals surface area contributed by atoms with E-state index in [1.807, 2.05) is 0 Å². The fourth-order valence-electron chi connectivity index (χ4n) is 1.72. The molecule has 0 heterocycles. The summed E-state index contributed by atoms with van der Waals surface area (Å²) in [5.41, 5.74) is -0.402. The van der Waals surface area contributed by atoms with Crippen molar-refractivity contribution in [2.75, 3.05) is 9.95 Å². The number of carboxylic acids is 1. The maximum atomic E-state index is 12.2. The highest BCUT2D eigenvalue weighted by Gasteiger charge is 2.18. The van der Waals surface area contributed by atoms with Gasteiger partial charge in [0, 0.05) is 0 Å². The lowest BCUT2D eigenvalue weighted by Crippen LogP contribution is -2.16. The first-order valence-electron chi connectivity index (χ1n) is 5.92. The number of sulfonamides is 1. The van der Waals surface area contributed by atoms with Gasteiger partial charge in [0.15, 0.2) is 0 Å². The van der Waals surface area contributed by atoms with E-state index in [2.05, 4.69) is 4.72 Å². The Morgan fingerprint density at radius 1 is 1.09 bits per heavy atom. The molecule has 0 unspecified atom stereocenters. The van der Waals surface area contributed by atoms with E-state index in [9.17, 15) is 18.4 Å². The Hall–Kier alpha value is -2.62. The van der Waals surface area contributed by atoms with E-state index in [1.165, 1.54) is 24.3 Å². The number of para-hydroxylation sites is 1. The normalized spacial score (nSPS) is 11.0. The Morgan fingerprint density at radius 3 is 2.23 bits per heavy atom. The van der Waals surface area contributed by atoms with Gasteiger partial charge in [-0.3, -0.25) is 9.93 Å². The largest absolute Gasteiger partial charge is 0.733 e. The first-order chi connectivity index (χ1) is 10.3. The number of rotatable bonds is 5. The minimum Gasteiger partial charge on any atom is -0.733 e. The summed E-state index contributed by atoms with van der Waals surface area (Å²) >= 11 is 0. The van der Waals surface area contributed by atoms with Crippen molar-refractivity contribution >= 4 is 27.4 Å². The van der Waals surface area contributed by atoms with Crippen molar-refractivity contribution in [3.63, 3.8) is 0 Å². The summed E-state index contributed by atoms with van der Waals surface area (Å²) < 4.78 is 26.6. The number of aromatic carboxylic acids is 1. The van der Waals surface area contributed by atoms with Gasteiger partial charge in [-0.05, 0) is 36.4 Å². The van der Waals surface area contributed by atoms with Crippen molar-refractivity contribution in [1.29, 1.82) is 0 Å². The topological polar surface area (TPSA) is 130 Å². The lowest BCUT2D eigenvalue weighted by molar-refractivity contribution is 0.0698. The number of carbonyl (C=O) groups is 1. The Kier molecular flexibility index (Phi) is 4.31. The van der Waals surface area contributed by atoms with Crippen molar-refractivity contribution < 1.29 is 23.5 Å². The first kappa shape index (κ1) is 15.8. The SMILES string of the molecule is O=C(O)c1ccccc1NS(=O)(=O)c1ccc(N([O-])O)cc1. The molecule has 3 N–H and O–H groups in total. The van der Waals surface area contributed by atoms with E-state index >= 15 is 0 Å². The number of carboxylic acid groups (broad SMARTS) is 1. The summed E-state index contributed by atoms with van der Waals surface area (Å²) in [4.78, 5) is 10.9. The number of hydrogen-bond acceptors (Lipinski definition) is 6. The predicted octanol–water partition coefficient (Wildman–Crippen LogP) is 1.88. The summed E-state index contributed by atoms with van der Waals surface area (Å²) in [6.07, 6.45) is 0. The smallest absolute Gasteiger partial charge is 0.337 e. The van der Waals surface area contributed by atoms with Crippen LogP contribution < -0.4 is 9.95 Å². The summed E-state index contributed by atoms with van der Waals surface area (Å²) in [5.74, 6) is -1.27. The van der Waals surface area contributed by atoms with Crippen molar-refractivity contribution in [3.8, 4) is 0 Å². The molecule has 0 atom stereocenters. The van der Waals surface area contributed by atoms with Crippen LogP contribution >= 0.6 is 0 Å². The van der Waals surface area contributed by atoms with Crippen molar-refractivity contribution in [3.05, 3.63) is 59.3 Å². The Morgan fingerprint density at radius 2 is 1.68 bits per heavy atom. The number of benzene rings is 2. The van der Waals surface area contributed by atoms with Gasteiger partial charge in [0.05, 0.1) is 21.8 Å². The molecular weight excluding hydrogens is 312 g/mol. The van der Waals surface area contributed by atoms with E-state index in [-0.39, 0.29) is 21.8 Å². The second-order valence-electron chi connectivity index (χ2n) is 4.22. The van der Waals surface area contributed by atoms with Gasteiger partial charge in [0.2, 0.25) is 0 Å². The van der Waals surface area contributed by atoms with Crippen molar-refractivity contribution in [1.82, 2.24) is 0 Å². The molecule has 22 heavy (non-hydrogen) atoms. The maximum Gasteiger partial charge on any atom is 0.337 e. The van der Waals surface area contributed by atoms with Crippen LogP contribution in [0.2, 0.25) is 0 Å². The van der Waals surface area contributed by atoms with Crippen LogP contribution in [0, 0.1) is 5.21 Å². The van der Waals surface area contributed by atoms with E-state index in [0.29, 0.717) is 0 Å². The molecule has 116 valence electrons. The Balaban J connectivity index is 2.34. The van der Waals surface area contributed by atoms with E-state index in [1.54, 1.807) is 0 Å². The zero-order valence-electron chi connectivity index (χ0n) is 11.0. The average Bonchev–Trinajstić information content (AvgIpc) is 2.47. The van der Waals surface area contributed by atoms with Crippen LogP contribution in [0.4, 0.5) is 11.4 Å². The third-order valence-corrected chi connectivity index (χ3v) is 4.15. The summed E-state index contributed by atoms with van der Waals surface area (Å²) in [6.45, 7) is 0. The fraction of sp³-hybridized carbons (Fsp3) is 0. The second-order valence-corrected chi connectivity index (χ2v) is 5.91. The zero-order chi connectivity index (χ0) is 16.3. The predicted molar refractivity (Wildman–Crippen MR) is 78.3 cm³/mol. The van der Waals surface area contributed by atoms with Gasteiger partial charge in [0.1, 0.15) is 0 Å². The molecule has 0 bridgehead atoms. The van der Waals surface area contributed by atoms with E-state index < -0.39 is 21.2 Å². The standard InChI is InChI=1S/C13H11N2O6S/c16-13(17)11-3-1-2-4-12(11)14-22(20,21)10-7-5-9(6-8-10)15(18)19/h1-8,14,18H,(H,16,17)/q-1. The quantitative estimate of drug-likeness (QED) is 0.716. The molecule has 0 aliphatic heterocycles. The zero-order valence-corrected chi connectivity index (χ0v) is 11.8. The van der Waals surface area contributed by atoms with Gasteiger partial charge < -0.3 is 15.5 Å². The summed E-state index contributed by atoms with van der Waals surface area (Å²) in [5, 5.41) is 28.0.